The van der Waals surface area contributed by atoms with Crippen LogP contribution < -0.4 is 11.3 Å². The van der Waals surface area contributed by atoms with Crippen molar-refractivity contribution in [1.29, 1.82) is 0 Å². The quantitative estimate of drug-likeness (QED) is 0.662. The Morgan fingerprint density at radius 1 is 1.47 bits per heavy atom. The zero-order valence-electron chi connectivity index (χ0n) is 9.11. The fourth-order valence-electron chi connectivity index (χ4n) is 1.34. The number of ether oxygens (including phenoxy) is 1. The summed E-state index contributed by atoms with van der Waals surface area (Å²) in [6.07, 6.45) is 0. The summed E-state index contributed by atoms with van der Waals surface area (Å²) < 4.78 is 11.0. The lowest BCUT2D eigenvalue weighted by molar-refractivity contribution is 0.181. The predicted molar refractivity (Wildman–Crippen MR) is 66.0 cm³/mol. The average molecular weight is 299 g/mol. The van der Waals surface area contributed by atoms with Crippen molar-refractivity contribution < 1.29 is 9.15 Å². The summed E-state index contributed by atoms with van der Waals surface area (Å²) in [5.74, 6) is 6.87. The monoisotopic (exact) mass is 298 g/mol. The number of halogens is 1. The number of methoxy groups -OCH3 is 1. The lowest BCUT2D eigenvalue weighted by atomic mass is 10.3. The van der Waals surface area contributed by atoms with E-state index >= 15 is 0 Å². The Kier molecular flexibility index (Phi) is 3.72. The Hall–Kier alpha value is -1.44. The molecule has 0 radical (unpaired) electrons. The summed E-state index contributed by atoms with van der Waals surface area (Å²) in [6.45, 7) is 0.381. The van der Waals surface area contributed by atoms with Gasteiger partial charge in [-0.25, -0.2) is 15.8 Å². The number of hydrogen-bond acceptors (Lipinski definition) is 6. The van der Waals surface area contributed by atoms with E-state index in [0.29, 0.717) is 28.7 Å². The molecular formula is C10H11BrN4O2. The van der Waals surface area contributed by atoms with Crippen molar-refractivity contribution >= 4 is 21.7 Å². The van der Waals surface area contributed by atoms with Gasteiger partial charge in [0.2, 0.25) is 0 Å². The fraction of sp³-hybridized carbons (Fsp3) is 0.200. The van der Waals surface area contributed by atoms with Gasteiger partial charge in [-0.15, -0.1) is 0 Å². The van der Waals surface area contributed by atoms with Crippen molar-refractivity contribution in [2.24, 2.45) is 5.84 Å². The molecule has 0 bridgehead atoms. The van der Waals surface area contributed by atoms with Gasteiger partial charge >= 0.3 is 0 Å². The molecule has 0 atom stereocenters. The van der Waals surface area contributed by atoms with Crippen LogP contribution in [0.3, 0.4) is 0 Å². The summed E-state index contributed by atoms with van der Waals surface area (Å²) in [4.78, 5) is 8.51. The van der Waals surface area contributed by atoms with Gasteiger partial charge in [0.15, 0.2) is 16.3 Å². The van der Waals surface area contributed by atoms with Crippen LogP contribution in [0.15, 0.2) is 27.3 Å². The summed E-state index contributed by atoms with van der Waals surface area (Å²) >= 11 is 3.23. The van der Waals surface area contributed by atoms with E-state index in [-0.39, 0.29) is 0 Å². The van der Waals surface area contributed by atoms with Crippen LogP contribution in [-0.4, -0.2) is 17.1 Å². The Balaban J connectivity index is 2.42. The van der Waals surface area contributed by atoms with Crippen LogP contribution in [0, 0.1) is 0 Å². The molecule has 90 valence electrons. The van der Waals surface area contributed by atoms with E-state index in [1.807, 2.05) is 0 Å². The van der Waals surface area contributed by atoms with E-state index in [1.165, 1.54) is 0 Å². The highest BCUT2D eigenvalue weighted by molar-refractivity contribution is 9.10. The first-order chi connectivity index (χ1) is 8.22. The molecule has 0 saturated carbocycles. The van der Waals surface area contributed by atoms with E-state index in [9.17, 15) is 0 Å². The highest BCUT2D eigenvalue weighted by atomic mass is 79.9. The van der Waals surface area contributed by atoms with Crippen molar-refractivity contribution in [2.75, 3.05) is 12.5 Å². The molecule has 0 aliphatic heterocycles. The number of hydrazine groups is 1. The van der Waals surface area contributed by atoms with Crippen LogP contribution in [-0.2, 0) is 11.3 Å². The molecule has 0 saturated heterocycles. The maximum atomic E-state index is 5.38. The first-order valence-electron chi connectivity index (χ1n) is 4.82. The zero-order chi connectivity index (χ0) is 12.3. The number of nitrogens with two attached hydrogens (primary N) is 1. The number of anilines is 1. The van der Waals surface area contributed by atoms with Gasteiger partial charge in [0.1, 0.15) is 5.82 Å². The van der Waals surface area contributed by atoms with Crippen molar-refractivity contribution in [2.45, 2.75) is 6.61 Å². The molecular weight excluding hydrogens is 288 g/mol. The molecule has 2 rings (SSSR count). The number of aromatic nitrogens is 2. The van der Waals surface area contributed by atoms with Gasteiger partial charge in [0.05, 0.1) is 12.3 Å². The number of nitrogen functional groups attached to an aromatic ring is 1. The van der Waals surface area contributed by atoms with E-state index in [2.05, 4.69) is 31.3 Å². The molecule has 0 amide bonds. The molecule has 7 heteroatoms. The number of furan rings is 1. The molecule has 0 aromatic carbocycles. The fourth-order valence-corrected chi connectivity index (χ4v) is 1.64. The average Bonchev–Trinajstić information content (AvgIpc) is 2.76. The van der Waals surface area contributed by atoms with Gasteiger partial charge in [0.25, 0.3) is 0 Å². The van der Waals surface area contributed by atoms with Crippen LogP contribution in [0.5, 0.6) is 0 Å². The normalized spacial score (nSPS) is 10.5. The van der Waals surface area contributed by atoms with E-state index in [0.717, 1.165) is 5.69 Å². The second-order valence-electron chi connectivity index (χ2n) is 3.25. The van der Waals surface area contributed by atoms with Crippen molar-refractivity contribution in [3.63, 3.8) is 0 Å². The molecule has 2 heterocycles. The summed E-state index contributed by atoms with van der Waals surface area (Å²) in [5, 5.41) is 0. The summed E-state index contributed by atoms with van der Waals surface area (Å²) in [6, 6.07) is 5.26. The zero-order valence-corrected chi connectivity index (χ0v) is 10.7. The van der Waals surface area contributed by atoms with Gasteiger partial charge in [-0.3, -0.25) is 0 Å². The molecule has 2 aromatic rings. The lowest BCUT2D eigenvalue weighted by Crippen LogP contribution is -2.10. The maximum Gasteiger partial charge on any atom is 0.198 e. The first-order valence-corrected chi connectivity index (χ1v) is 5.61. The Morgan fingerprint density at radius 2 is 2.29 bits per heavy atom. The third-order valence-electron chi connectivity index (χ3n) is 2.01. The van der Waals surface area contributed by atoms with Gasteiger partial charge in [-0.05, 0) is 28.1 Å². The molecule has 0 spiro atoms. The van der Waals surface area contributed by atoms with Crippen LogP contribution in [0.25, 0.3) is 11.6 Å². The third-order valence-corrected chi connectivity index (χ3v) is 2.44. The minimum absolute atomic E-state index is 0.381. The van der Waals surface area contributed by atoms with Crippen LogP contribution in [0.2, 0.25) is 0 Å². The van der Waals surface area contributed by atoms with Gasteiger partial charge < -0.3 is 14.6 Å². The summed E-state index contributed by atoms with van der Waals surface area (Å²) in [7, 11) is 1.60. The number of rotatable bonds is 4. The number of nitrogens with zero attached hydrogens (tertiary/aromatic N) is 2. The highest BCUT2D eigenvalue weighted by Crippen LogP contribution is 2.23. The Bertz CT molecular complexity index is 515. The topological polar surface area (TPSA) is 86.2 Å². The van der Waals surface area contributed by atoms with Gasteiger partial charge in [-0.2, -0.15) is 0 Å². The smallest absolute Gasteiger partial charge is 0.198 e. The molecule has 17 heavy (non-hydrogen) atoms. The highest BCUT2D eigenvalue weighted by Gasteiger charge is 2.10. The van der Waals surface area contributed by atoms with Gasteiger partial charge in [0, 0.05) is 13.2 Å². The number of nitrogens with one attached hydrogen (secondary N) is 1. The minimum Gasteiger partial charge on any atom is -0.446 e. The lowest BCUT2D eigenvalue weighted by Gasteiger charge is -2.05. The van der Waals surface area contributed by atoms with E-state index < -0.39 is 0 Å². The van der Waals surface area contributed by atoms with Crippen LogP contribution in [0.1, 0.15) is 5.69 Å². The van der Waals surface area contributed by atoms with Crippen LogP contribution in [0.4, 0.5) is 5.82 Å². The van der Waals surface area contributed by atoms with Gasteiger partial charge in [-0.1, -0.05) is 0 Å². The molecule has 0 aliphatic rings. The molecule has 0 aliphatic carbocycles. The van der Waals surface area contributed by atoms with Crippen molar-refractivity contribution in [3.05, 3.63) is 28.6 Å². The number of hydrogen-bond donors (Lipinski definition) is 2. The predicted octanol–water partition coefficient (Wildman–Crippen LogP) is 1.93. The molecule has 2 aromatic heterocycles. The largest absolute Gasteiger partial charge is 0.446 e. The standard InChI is InChI=1S/C10H11BrN4O2/c1-16-5-6-4-9(15-12)14-10(13-6)7-2-3-8(11)17-7/h2-4H,5,12H2,1H3,(H,13,14,15). The second-order valence-corrected chi connectivity index (χ2v) is 4.03. The maximum absolute atomic E-state index is 5.38. The minimum atomic E-state index is 0.381. The van der Waals surface area contributed by atoms with Crippen LogP contribution >= 0.6 is 15.9 Å². The second kappa shape index (κ2) is 5.26. The van der Waals surface area contributed by atoms with E-state index in [1.54, 1.807) is 25.3 Å². The SMILES string of the molecule is COCc1cc(NN)nc(-c2ccc(Br)o2)n1. The Labute approximate surface area is 106 Å². The molecule has 3 N–H and O–H groups in total. The summed E-state index contributed by atoms with van der Waals surface area (Å²) in [5.41, 5.74) is 3.20. The molecule has 0 fully saturated rings. The van der Waals surface area contributed by atoms with Crippen molar-refractivity contribution in [1.82, 2.24) is 9.97 Å². The Morgan fingerprint density at radius 3 is 2.88 bits per heavy atom. The first kappa shape index (κ1) is 12.0. The molecule has 6 nitrogen and oxygen atoms in total. The van der Waals surface area contributed by atoms with E-state index in [4.69, 9.17) is 15.0 Å². The molecule has 0 unspecified atom stereocenters. The third kappa shape index (κ3) is 2.82. The van der Waals surface area contributed by atoms with Crippen molar-refractivity contribution in [3.8, 4) is 11.6 Å².